The predicted octanol–water partition coefficient (Wildman–Crippen LogP) is 2.49. The molecule has 5 heteroatoms. The molecule has 4 aromatic rings. The summed E-state index contributed by atoms with van der Waals surface area (Å²) in [4.78, 5) is 9.73. The molecule has 2 nitrogen and oxygen atoms in total. The predicted molar refractivity (Wildman–Crippen MR) is 149 cm³/mol. The summed E-state index contributed by atoms with van der Waals surface area (Å²) in [7, 11) is 0. The third kappa shape index (κ3) is 5.51. The van der Waals surface area contributed by atoms with Gasteiger partial charge in [0.2, 0.25) is 0 Å². The van der Waals surface area contributed by atoms with Crippen molar-refractivity contribution in [2.45, 2.75) is 51.4 Å². The molecule has 0 N–H and O–H groups in total. The van der Waals surface area contributed by atoms with E-state index in [1.807, 2.05) is 24.5 Å². The van der Waals surface area contributed by atoms with Crippen LogP contribution in [0.3, 0.4) is 0 Å². The first-order valence-electron chi connectivity index (χ1n) is 13.3. The van der Waals surface area contributed by atoms with Crippen LogP contribution < -0.4 is 24.8 Å². The summed E-state index contributed by atoms with van der Waals surface area (Å²) in [6, 6.07) is 26.5. The van der Waals surface area contributed by atoms with Crippen LogP contribution in [0.1, 0.15) is 96.1 Å². The van der Waals surface area contributed by atoms with Gasteiger partial charge in [-0.15, -0.1) is 0 Å². The first-order valence-corrected chi connectivity index (χ1v) is 15.8. The molecule has 2 atom stereocenters. The van der Waals surface area contributed by atoms with Gasteiger partial charge in [-0.1, -0.05) is 0 Å². The van der Waals surface area contributed by atoms with Crippen molar-refractivity contribution in [1.29, 1.82) is 0 Å². The molecule has 6 rings (SSSR count). The summed E-state index contributed by atoms with van der Waals surface area (Å²) in [5, 5.41) is 0. The van der Waals surface area contributed by atoms with Gasteiger partial charge in [-0.25, -0.2) is 0 Å². The summed E-state index contributed by atoms with van der Waals surface area (Å²) in [6.07, 6.45) is 8.97. The second kappa shape index (κ2) is 12.5. The largest absolute Gasteiger partial charge is 1.00 e. The molecule has 0 bridgehead atoms. The standard InChI is InChI=1S/2C17H16N.2ClH.Zr/c2*1-12(2)13-6-5-7-14-15(13)9-10-16(14)17-8-3-4-11-18-17;;;/h2*3-9,11-12,16H,1-2H3;2*1H;/q;;;;+2/p-2. The normalized spacial score (nSPS) is 17.0. The van der Waals surface area contributed by atoms with Crippen molar-refractivity contribution in [3.8, 4) is 0 Å². The van der Waals surface area contributed by atoms with Crippen molar-refractivity contribution in [2.24, 2.45) is 0 Å². The van der Waals surface area contributed by atoms with Gasteiger partial charge >= 0.3 is 233 Å². The Balaban J connectivity index is 0.00000176. The van der Waals surface area contributed by atoms with Gasteiger partial charge in [-0.3, -0.25) is 0 Å². The molecule has 0 aliphatic heterocycles. The molecule has 196 valence electrons. The Morgan fingerprint density at radius 3 is 1.36 bits per heavy atom. The number of pyridine rings is 2. The minimum Gasteiger partial charge on any atom is -1.00 e. The van der Waals surface area contributed by atoms with Crippen LogP contribution in [-0.4, -0.2) is 9.97 Å². The van der Waals surface area contributed by atoms with E-state index in [1.54, 1.807) is 6.56 Å². The molecular formula is C34H32Cl2N2Zr. The summed E-state index contributed by atoms with van der Waals surface area (Å²) >= 11 is -1.16. The maximum Gasteiger partial charge on any atom is -1.00 e. The maximum atomic E-state index is 4.87. The number of hydrogen-bond donors (Lipinski definition) is 0. The Morgan fingerprint density at radius 1 is 0.564 bits per heavy atom. The van der Waals surface area contributed by atoms with Crippen molar-refractivity contribution < 1.29 is 48.0 Å². The fraction of sp³-hybridized carbons (Fsp3) is 0.235. The number of allylic oxidation sites excluding steroid dienone is 2. The van der Waals surface area contributed by atoms with Crippen molar-refractivity contribution in [1.82, 2.24) is 9.97 Å². The number of nitrogens with zero attached hydrogens (tertiary/aromatic N) is 2. The second-order valence-corrected chi connectivity index (χ2v) is 14.2. The van der Waals surface area contributed by atoms with Crippen LogP contribution in [-0.2, 0) is 23.2 Å². The van der Waals surface area contributed by atoms with E-state index in [2.05, 4.69) is 101 Å². The number of halogens is 2. The first kappa shape index (κ1) is 29.7. The van der Waals surface area contributed by atoms with Crippen LogP contribution in [0.5, 0.6) is 0 Å². The van der Waals surface area contributed by atoms with Crippen LogP contribution in [0, 0.1) is 0 Å². The van der Waals surface area contributed by atoms with Gasteiger partial charge < -0.3 is 24.8 Å². The minimum absolute atomic E-state index is 0. The zero-order valence-electron chi connectivity index (χ0n) is 22.7. The quantitative estimate of drug-likeness (QED) is 0.328. The van der Waals surface area contributed by atoms with E-state index in [9.17, 15) is 0 Å². The second-order valence-electron chi connectivity index (χ2n) is 10.7. The molecule has 0 radical (unpaired) electrons. The summed E-state index contributed by atoms with van der Waals surface area (Å²) < 4.78 is 3.19. The van der Waals surface area contributed by atoms with E-state index in [0.717, 1.165) is 0 Å². The molecule has 2 aliphatic rings. The molecule has 2 heterocycles. The zero-order chi connectivity index (χ0) is 25.5. The summed E-state index contributed by atoms with van der Waals surface area (Å²) in [5.74, 6) is 1.48. The minimum atomic E-state index is -1.16. The Morgan fingerprint density at radius 2 is 1.00 bits per heavy atom. The Hall–Kier alpha value is -2.32. The van der Waals surface area contributed by atoms with Gasteiger partial charge in [0.05, 0.1) is 0 Å². The molecule has 0 saturated carbocycles. The van der Waals surface area contributed by atoms with Crippen molar-refractivity contribution >= 4 is 12.2 Å². The van der Waals surface area contributed by atoms with E-state index >= 15 is 0 Å². The fourth-order valence-electron chi connectivity index (χ4n) is 5.97. The third-order valence-electron chi connectivity index (χ3n) is 7.69. The van der Waals surface area contributed by atoms with Gasteiger partial charge in [0, 0.05) is 0 Å². The van der Waals surface area contributed by atoms with Crippen molar-refractivity contribution in [2.75, 3.05) is 0 Å². The van der Waals surface area contributed by atoms with Gasteiger partial charge in [0.25, 0.3) is 0 Å². The number of benzene rings is 2. The molecule has 2 unspecified atom stereocenters. The van der Waals surface area contributed by atoms with E-state index in [0.29, 0.717) is 11.8 Å². The van der Waals surface area contributed by atoms with E-state index in [1.165, 1.54) is 44.8 Å². The number of rotatable bonds is 6. The Bertz CT molecular complexity index is 1400. The smallest absolute Gasteiger partial charge is 1.00 e. The maximum absolute atomic E-state index is 4.87. The molecule has 0 spiro atoms. The summed E-state index contributed by atoms with van der Waals surface area (Å²) in [6.45, 7) is 9.21. The first-order chi connectivity index (χ1) is 18.0. The Kier molecular flexibility index (Phi) is 9.48. The van der Waals surface area contributed by atoms with Crippen LogP contribution in [0.25, 0.3) is 12.2 Å². The fourth-order valence-corrected chi connectivity index (χ4v) is 10.1. The van der Waals surface area contributed by atoms with Crippen LogP contribution in [0.4, 0.5) is 0 Å². The van der Waals surface area contributed by atoms with Gasteiger partial charge in [-0.05, 0) is 0 Å². The molecule has 39 heavy (non-hydrogen) atoms. The Labute approximate surface area is 256 Å². The average Bonchev–Trinajstić information content (AvgIpc) is 3.47. The van der Waals surface area contributed by atoms with Crippen molar-refractivity contribution in [3.63, 3.8) is 0 Å². The van der Waals surface area contributed by atoms with Gasteiger partial charge in [0.15, 0.2) is 0 Å². The third-order valence-corrected chi connectivity index (χ3v) is 11.2. The molecule has 0 amide bonds. The van der Waals surface area contributed by atoms with E-state index < -0.39 is 23.2 Å². The van der Waals surface area contributed by atoms with Crippen LogP contribution in [0.2, 0.25) is 0 Å². The zero-order valence-corrected chi connectivity index (χ0v) is 26.7. The average molecular weight is 631 g/mol. The molecular weight excluding hydrogens is 599 g/mol. The van der Waals surface area contributed by atoms with Gasteiger partial charge in [0.1, 0.15) is 0 Å². The number of hydrogen-bond acceptors (Lipinski definition) is 2. The molecule has 2 aromatic heterocycles. The number of fused-ring (bicyclic) bond motifs is 2. The van der Waals surface area contributed by atoms with E-state index in [4.69, 9.17) is 9.97 Å². The molecule has 2 aromatic carbocycles. The molecule has 0 saturated heterocycles. The summed E-state index contributed by atoms with van der Waals surface area (Å²) in [5.41, 5.74) is 10.9. The topological polar surface area (TPSA) is 25.8 Å². The number of aromatic nitrogens is 2. The van der Waals surface area contributed by atoms with Crippen molar-refractivity contribution in [3.05, 3.63) is 137 Å². The molecule has 2 aliphatic carbocycles. The van der Waals surface area contributed by atoms with Gasteiger partial charge in [-0.2, -0.15) is 0 Å². The van der Waals surface area contributed by atoms with E-state index in [-0.39, 0.29) is 36.6 Å². The van der Waals surface area contributed by atoms with Crippen LogP contribution in [0.15, 0.2) is 91.8 Å². The molecule has 0 fully saturated rings. The van der Waals surface area contributed by atoms with Crippen LogP contribution >= 0.6 is 0 Å². The SMILES string of the molecule is CC(C)c1cccc2c1C=[C]([Zr+2][C]1=Cc3c(C(C)C)cccc3C1c1ccccn1)C2c1ccccn1.[Cl-].[Cl-]. The monoisotopic (exact) mass is 628 g/mol.